The molecule has 0 saturated carbocycles. The van der Waals surface area contributed by atoms with Crippen molar-refractivity contribution in [2.45, 2.75) is 52.0 Å². The molecule has 4 N–H and O–H groups in total. The van der Waals surface area contributed by atoms with E-state index in [1.54, 1.807) is 0 Å². The highest BCUT2D eigenvalue weighted by atomic mass is 16.2. The van der Waals surface area contributed by atoms with E-state index in [2.05, 4.69) is 17.6 Å². The zero-order valence-corrected chi connectivity index (χ0v) is 10.9. The van der Waals surface area contributed by atoms with Gasteiger partial charge < -0.3 is 16.4 Å². The quantitative estimate of drug-likeness (QED) is 0.552. The number of amides is 2. The molecule has 0 aromatic rings. The maximum atomic E-state index is 11.5. The van der Waals surface area contributed by atoms with Crippen LogP contribution in [0.4, 0.5) is 0 Å². The zero-order valence-electron chi connectivity index (χ0n) is 10.9. The maximum absolute atomic E-state index is 11.5. The number of nitrogens with one attached hydrogen (secondary N) is 2. The molecule has 0 radical (unpaired) electrons. The molecule has 0 spiro atoms. The largest absolute Gasteiger partial charge is 0.356 e. The molecule has 0 aliphatic carbocycles. The highest BCUT2D eigenvalue weighted by molar-refractivity contribution is 5.82. The summed E-state index contributed by atoms with van der Waals surface area (Å²) in [5.74, 6) is -0.198. The van der Waals surface area contributed by atoms with Crippen LogP contribution in [-0.2, 0) is 9.59 Å². The van der Waals surface area contributed by atoms with Crippen molar-refractivity contribution in [3.05, 3.63) is 0 Å². The van der Waals surface area contributed by atoms with E-state index in [0.29, 0.717) is 25.9 Å². The van der Waals surface area contributed by atoms with E-state index in [1.807, 2.05) is 6.92 Å². The third-order valence-electron chi connectivity index (χ3n) is 2.43. The molecule has 0 aromatic carbocycles. The summed E-state index contributed by atoms with van der Waals surface area (Å²) < 4.78 is 0. The molecule has 0 saturated heterocycles. The van der Waals surface area contributed by atoms with Gasteiger partial charge in [0.1, 0.15) is 0 Å². The number of nitrogens with two attached hydrogens (primary N) is 1. The van der Waals surface area contributed by atoms with Crippen LogP contribution in [0.1, 0.15) is 46.0 Å². The molecular weight excluding hydrogens is 218 g/mol. The molecule has 5 nitrogen and oxygen atoms in total. The van der Waals surface area contributed by atoms with Crippen LogP contribution in [0.25, 0.3) is 0 Å². The Balaban J connectivity index is 3.59. The van der Waals surface area contributed by atoms with Gasteiger partial charge in [-0.05, 0) is 12.8 Å². The fraction of sp³-hybridized carbons (Fsp3) is 0.833. The molecule has 0 fully saturated rings. The molecule has 100 valence electrons. The molecule has 0 bridgehead atoms. The fourth-order valence-electron chi connectivity index (χ4n) is 1.34. The Morgan fingerprint density at radius 1 is 1.12 bits per heavy atom. The predicted molar refractivity (Wildman–Crippen MR) is 68.4 cm³/mol. The summed E-state index contributed by atoms with van der Waals surface area (Å²) in [5.41, 5.74) is 5.69. The summed E-state index contributed by atoms with van der Waals surface area (Å²) in [6.07, 6.45) is 3.91. The minimum atomic E-state index is -0.450. The monoisotopic (exact) mass is 243 g/mol. The van der Waals surface area contributed by atoms with Crippen molar-refractivity contribution in [3.63, 3.8) is 0 Å². The second kappa shape index (κ2) is 10.1. The van der Waals surface area contributed by atoms with Gasteiger partial charge in [-0.15, -0.1) is 0 Å². The van der Waals surface area contributed by atoms with Crippen LogP contribution in [0.2, 0.25) is 0 Å². The van der Waals surface area contributed by atoms with Gasteiger partial charge in [0.15, 0.2) is 0 Å². The lowest BCUT2D eigenvalue weighted by Gasteiger charge is -2.11. The lowest BCUT2D eigenvalue weighted by Crippen LogP contribution is -2.41. The summed E-state index contributed by atoms with van der Waals surface area (Å²) in [4.78, 5) is 22.7. The first-order valence-electron chi connectivity index (χ1n) is 6.41. The van der Waals surface area contributed by atoms with Crippen LogP contribution in [0.5, 0.6) is 0 Å². The minimum Gasteiger partial charge on any atom is -0.356 e. The number of hydrogen-bond acceptors (Lipinski definition) is 3. The summed E-state index contributed by atoms with van der Waals surface area (Å²) in [7, 11) is 0. The van der Waals surface area contributed by atoms with Crippen LogP contribution >= 0.6 is 0 Å². The first kappa shape index (κ1) is 15.9. The van der Waals surface area contributed by atoms with Crippen molar-refractivity contribution in [2.75, 3.05) is 13.1 Å². The van der Waals surface area contributed by atoms with Crippen LogP contribution < -0.4 is 16.4 Å². The maximum Gasteiger partial charge on any atom is 0.236 e. The molecule has 5 heteroatoms. The van der Waals surface area contributed by atoms with Gasteiger partial charge in [0.25, 0.3) is 0 Å². The Morgan fingerprint density at radius 3 is 2.41 bits per heavy atom. The number of carbonyl (C=O) groups excluding carboxylic acids is 2. The lowest BCUT2D eigenvalue weighted by molar-refractivity contribution is -0.123. The number of rotatable bonds is 9. The summed E-state index contributed by atoms with van der Waals surface area (Å²) in [6, 6.07) is -0.450. The van der Waals surface area contributed by atoms with Gasteiger partial charge in [0.2, 0.25) is 11.8 Å². The summed E-state index contributed by atoms with van der Waals surface area (Å²) >= 11 is 0. The van der Waals surface area contributed by atoms with Crippen molar-refractivity contribution in [2.24, 2.45) is 5.73 Å². The molecule has 0 aromatic heterocycles. The van der Waals surface area contributed by atoms with Crippen LogP contribution in [0.3, 0.4) is 0 Å². The first-order chi connectivity index (χ1) is 8.11. The fourth-order valence-corrected chi connectivity index (χ4v) is 1.34. The van der Waals surface area contributed by atoms with E-state index < -0.39 is 6.04 Å². The topological polar surface area (TPSA) is 84.2 Å². The van der Waals surface area contributed by atoms with Gasteiger partial charge in [0.05, 0.1) is 6.04 Å². The Morgan fingerprint density at radius 2 is 1.82 bits per heavy atom. The first-order valence-corrected chi connectivity index (χ1v) is 6.41. The standard InChI is InChI=1S/C12H25N3O2/c1-3-5-6-10(13)12(17)15-9-7-11(16)14-8-4-2/h10H,3-9,13H2,1-2H3,(H,14,16)(H,15,17). The molecule has 2 amide bonds. The van der Waals surface area contributed by atoms with Crippen molar-refractivity contribution >= 4 is 11.8 Å². The molecular formula is C12H25N3O2. The van der Waals surface area contributed by atoms with Gasteiger partial charge in [0, 0.05) is 19.5 Å². The molecule has 17 heavy (non-hydrogen) atoms. The molecule has 0 aliphatic rings. The van der Waals surface area contributed by atoms with E-state index in [0.717, 1.165) is 19.3 Å². The van der Waals surface area contributed by atoms with Crippen LogP contribution in [-0.4, -0.2) is 30.9 Å². The Hall–Kier alpha value is -1.10. The van der Waals surface area contributed by atoms with E-state index in [1.165, 1.54) is 0 Å². The Bertz CT molecular complexity index is 232. The summed E-state index contributed by atoms with van der Waals surface area (Å²) in [6.45, 7) is 5.09. The molecule has 0 rings (SSSR count). The van der Waals surface area contributed by atoms with E-state index in [-0.39, 0.29) is 11.8 Å². The molecule has 1 unspecified atom stereocenters. The van der Waals surface area contributed by atoms with E-state index >= 15 is 0 Å². The zero-order chi connectivity index (χ0) is 13.1. The van der Waals surface area contributed by atoms with Gasteiger partial charge in [-0.2, -0.15) is 0 Å². The highest BCUT2D eigenvalue weighted by Crippen LogP contribution is 1.97. The second-order valence-corrected chi connectivity index (χ2v) is 4.14. The van der Waals surface area contributed by atoms with Crippen molar-refractivity contribution < 1.29 is 9.59 Å². The highest BCUT2D eigenvalue weighted by Gasteiger charge is 2.12. The smallest absolute Gasteiger partial charge is 0.236 e. The van der Waals surface area contributed by atoms with E-state index in [4.69, 9.17) is 5.73 Å². The van der Waals surface area contributed by atoms with Crippen molar-refractivity contribution in [1.29, 1.82) is 0 Å². The van der Waals surface area contributed by atoms with Crippen LogP contribution in [0, 0.1) is 0 Å². The van der Waals surface area contributed by atoms with Crippen molar-refractivity contribution in [1.82, 2.24) is 10.6 Å². The Labute approximate surface area is 104 Å². The average Bonchev–Trinajstić information content (AvgIpc) is 2.33. The lowest BCUT2D eigenvalue weighted by atomic mass is 10.1. The van der Waals surface area contributed by atoms with Gasteiger partial charge in [-0.1, -0.05) is 26.7 Å². The molecule has 1 atom stereocenters. The van der Waals surface area contributed by atoms with Gasteiger partial charge in [-0.25, -0.2) is 0 Å². The van der Waals surface area contributed by atoms with Gasteiger partial charge >= 0.3 is 0 Å². The normalized spacial score (nSPS) is 11.9. The third kappa shape index (κ3) is 8.68. The average molecular weight is 243 g/mol. The Kier molecular flexibility index (Phi) is 9.43. The minimum absolute atomic E-state index is 0.0331. The number of unbranched alkanes of at least 4 members (excludes halogenated alkanes) is 1. The SMILES string of the molecule is CCCCC(N)C(=O)NCCC(=O)NCCC. The number of hydrogen-bond donors (Lipinski definition) is 3. The summed E-state index contributed by atoms with van der Waals surface area (Å²) in [5, 5.41) is 5.42. The molecule has 0 heterocycles. The van der Waals surface area contributed by atoms with E-state index in [9.17, 15) is 9.59 Å². The number of carbonyl (C=O) groups is 2. The predicted octanol–water partition coefficient (Wildman–Crippen LogP) is 0.536. The van der Waals surface area contributed by atoms with Crippen LogP contribution in [0.15, 0.2) is 0 Å². The van der Waals surface area contributed by atoms with Gasteiger partial charge in [-0.3, -0.25) is 9.59 Å². The second-order valence-electron chi connectivity index (χ2n) is 4.14. The van der Waals surface area contributed by atoms with Crippen molar-refractivity contribution in [3.8, 4) is 0 Å². The third-order valence-corrected chi connectivity index (χ3v) is 2.43. The molecule has 0 aliphatic heterocycles.